The molecule has 7 nitrogen and oxygen atoms in total. The number of benzene rings is 1. The number of aromatic amines is 1. The van der Waals surface area contributed by atoms with E-state index < -0.39 is 45.0 Å². The summed E-state index contributed by atoms with van der Waals surface area (Å²) < 4.78 is 70.5. The van der Waals surface area contributed by atoms with Crippen LogP contribution in [0.1, 0.15) is 51.5 Å². The summed E-state index contributed by atoms with van der Waals surface area (Å²) in [5.41, 5.74) is -0.203. The molecule has 0 aliphatic heterocycles. The van der Waals surface area contributed by atoms with Crippen LogP contribution in [0.4, 0.5) is 13.2 Å². The molecule has 0 saturated heterocycles. The summed E-state index contributed by atoms with van der Waals surface area (Å²) in [5.74, 6) is -1.25. The van der Waals surface area contributed by atoms with Crippen molar-refractivity contribution in [2.75, 3.05) is 19.7 Å². The number of H-pyrrole nitrogens is 1. The Morgan fingerprint density at radius 1 is 1.16 bits per heavy atom. The van der Waals surface area contributed by atoms with Crippen LogP contribution in [0.5, 0.6) is 0 Å². The van der Waals surface area contributed by atoms with E-state index in [1.807, 2.05) is 0 Å². The fraction of sp³-hybridized carbons (Fsp3) is 0.400. The van der Waals surface area contributed by atoms with Crippen molar-refractivity contribution in [3.8, 4) is 0 Å². The summed E-state index contributed by atoms with van der Waals surface area (Å²) in [4.78, 5) is 27.1. The molecule has 0 aliphatic carbocycles. The quantitative estimate of drug-likeness (QED) is 0.478. The first-order valence-corrected chi connectivity index (χ1v) is 10.8. The number of carbonyl (C=O) groups is 2. The number of aromatic nitrogens is 1. The fourth-order valence-corrected chi connectivity index (χ4v) is 4.62. The van der Waals surface area contributed by atoms with E-state index in [9.17, 15) is 31.2 Å². The second-order valence-electron chi connectivity index (χ2n) is 6.73. The lowest BCUT2D eigenvalue weighted by atomic mass is 10.1. The number of aryl methyl sites for hydroxylation is 1. The molecule has 170 valence electrons. The van der Waals surface area contributed by atoms with E-state index in [2.05, 4.69) is 4.98 Å². The van der Waals surface area contributed by atoms with Gasteiger partial charge in [0.25, 0.3) is 0 Å². The van der Waals surface area contributed by atoms with Gasteiger partial charge in [-0.1, -0.05) is 13.0 Å². The van der Waals surface area contributed by atoms with Crippen molar-refractivity contribution in [1.82, 2.24) is 9.29 Å². The molecule has 0 radical (unpaired) electrons. The maximum absolute atomic E-state index is 13.0. The van der Waals surface area contributed by atoms with Gasteiger partial charge in [0.2, 0.25) is 10.0 Å². The molecule has 0 aliphatic rings. The number of likely N-dealkylation sites (N-methyl/N-ethyl adjacent to an activating group) is 1. The average molecular weight is 460 g/mol. The predicted molar refractivity (Wildman–Crippen MR) is 106 cm³/mol. The van der Waals surface area contributed by atoms with Crippen LogP contribution in [0.15, 0.2) is 29.2 Å². The highest BCUT2D eigenvalue weighted by Crippen LogP contribution is 2.31. The number of alkyl halides is 3. The third-order valence-corrected chi connectivity index (χ3v) is 6.58. The summed E-state index contributed by atoms with van der Waals surface area (Å²) >= 11 is 0. The summed E-state index contributed by atoms with van der Waals surface area (Å²) in [5, 5.41) is 0. The van der Waals surface area contributed by atoms with Crippen molar-refractivity contribution in [2.24, 2.45) is 0 Å². The van der Waals surface area contributed by atoms with Crippen LogP contribution < -0.4 is 0 Å². The first-order valence-electron chi connectivity index (χ1n) is 9.41. The van der Waals surface area contributed by atoms with Gasteiger partial charge in [-0.2, -0.15) is 17.5 Å². The van der Waals surface area contributed by atoms with Gasteiger partial charge < -0.3 is 9.72 Å². The van der Waals surface area contributed by atoms with E-state index in [1.165, 1.54) is 13.8 Å². The SMILES string of the molecule is CCOC(=O)c1[nH]c(C)c(C(=O)CN(CC)S(=O)(=O)c2cccc(C(F)(F)F)c2)c1C. The van der Waals surface area contributed by atoms with Gasteiger partial charge >= 0.3 is 12.1 Å². The molecule has 1 heterocycles. The first kappa shape index (κ1) is 24.6. The van der Waals surface area contributed by atoms with Crippen molar-refractivity contribution < 1.29 is 35.9 Å². The minimum absolute atomic E-state index is 0.0893. The van der Waals surface area contributed by atoms with E-state index in [-0.39, 0.29) is 24.4 Å². The van der Waals surface area contributed by atoms with Crippen molar-refractivity contribution in [2.45, 2.75) is 38.8 Å². The second kappa shape index (κ2) is 9.23. The van der Waals surface area contributed by atoms with Gasteiger partial charge in [-0.05, 0) is 44.5 Å². The third kappa shape index (κ3) is 5.16. The highest BCUT2D eigenvalue weighted by Gasteiger charge is 2.34. The zero-order valence-electron chi connectivity index (χ0n) is 17.5. The number of esters is 1. The number of Topliss-reactive ketones (excluding diaryl/α,β-unsaturated/α-hetero) is 1. The largest absolute Gasteiger partial charge is 0.461 e. The lowest BCUT2D eigenvalue weighted by Crippen LogP contribution is -2.36. The lowest BCUT2D eigenvalue weighted by molar-refractivity contribution is -0.137. The Hall–Kier alpha value is -2.66. The monoisotopic (exact) mass is 460 g/mol. The molecule has 2 aromatic rings. The fourth-order valence-electron chi connectivity index (χ4n) is 3.16. The number of hydrogen-bond acceptors (Lipinski definition) is 5. The molecular formula is C20H23F3N2O5S. The lowest BCUT2D eigenvalue weighted by Gasteiger charge is -2.20. The second-order valence-corrected chi connectivity index (χ2v) is 8.66. The van der Waals surface area contributed by atoms with Gasteiger partial charge in [-0.25, -0.2) is 13.2 Å². The van der Waals surface area contributed by atoms with Crippen LogP contribution in [-0.4, -0.2) is 49.2 Å². The number of nitrogens with zero attached hydrogens (tertiary/aromatic N) is 1. The van der Waals surface area contributed by atoms with Crippen LogP contribution >= 0.6 is 0 Å². The maximum Gasteiger partial charge on any atom is 0.416 e. The smallest absolute Gasteiger partial charge is 0.416 e. The Kier molecular flexibility index (Phi) is 7.32. The Labute approximate surface area is 178 Å². The molecule has 31 heavy (non-hydrogen) atoms. The number of nitrogens with one attached hydrogen (secondary N) is 1. The van der Waals surface area contributed by atoms with Crippen LogP contribution in [-0.2, 0) is 20.9 Å². The number of halogens is 3. The Balaban J connectivity index is 2.37. The van der Waals surface area contributed by atoms with Crippen molar-refractivity contribution in [3.63, 3.8) is 0 Å². The number of sulfonamides is 1. The van der Waals surface area contributed by atoms with Crippen LogP contribution in [0, 0.1) is 13.8 Å². The zero-order valence-corrected chi connectivity index (χ0v) is 18.3. The molecule has 1 aromatic heterocycles. The summed E-state index contributed by atoms with van der Waals surface area (Å²) in [7, 11) is -4.37. The molecule has 0 unspecified atom stereocenters. The van der Waals surface area contributed by atoms with Gasteiger partial charge in [0.1, 0.15) is 5.69 Å². The molecule has 0 saturated carbocycles. The Morgan fingerprint density at radius 2 is 1.81 bits per heavy atom. The molecule has 11 heteroatoms. The number of carbonyl (C=O) groups excluding carboxylic acids is 2. The molecular weight excluding hydrogens is 437 g/mol. The minimum Gasteiger partial charge on any atom is -0.461 e. The van der Waals surface area contributed by atoms with E-state index in [4.69, 9.17) is 4.74 Å². The van der Waals surface area contributed by atoms with Gasteiger partial charge in [-0.3, -0.25) is 4.79 Å². The maximum atomic E-state index is 13.0. The van der Waals surface area contributed by atoms with Crippen molar-refractivity contribution >= 4 is 21.8 Å². The Bertz CT molecular complexity index is 1090. The number of hydrogen-bond donors (Lipinski definition) is 1. The molecule has 0 bridgehead atoms. The van der Waals surface area contributed by atoms with Gasteiger partial charge in [-0.15, -0.1) is 0 Å². The van der Waals surface area contributed by atoms with Gasteiger partial charge in [0, 0.05) is 17.8 Å². The number of rotatable bonds is 8. The molecule has 0 fully saturated rings. The number of ketones is 1. The van der Waals surface area contributed by atoms with Crippen LogP contribution in [0.2, 0.25) is 0 Å². The molecule has 1 N–H and O–H groups in total. The zero-order chi connectivity index (χ0) is 23.6. The highest BCUT2D eigenvalue weighted by atomic mass is 32.2. The van der Waals surface area contributed by atoms with E-state index >= 15 is 0 Å². The molecule has 0 atom stereocenters. The van der Waals surface area contributed by atoms with E-state index in [0.29, 0.717) is 17.3 Å². The average Bonchev–Trinajstić information content (AvgIpc) is 2.99. The van der Waals surface area contributed by atoms with Crippen molar-refractivity contribution in [1.29, 1.82) is 0 Å². The summed E-state index contributed by atoms with van der Waals surface area (Å²) in [6, 6.07) is 3.35. The number of ether oxygens (including phenoxy) is 1. The predicted octanol–water partition coefficient (Wildman–Crippen LogP) is 3.72. The molecule has 2 rings (SSSR count). The minimum atomic E-state index is -4.71. The molecule has 0 amide bonds. The van der Waals surface area contributed by atoms with Crippen molar-refractivity contribution in [3.05, 3.63) is 52.3 Å². The van der Waals surface area contributed by atoms with Gasteiger partial charge in [0.15, 0.2) is 5.78 Å². The third-order valence-electron chi connectivity index (χ3n) is 4.67. The van der Waals surface area contributed by atoms with Crippen LogP contribution in [0.3, 0.4) is 0 Å². The molecule has 1 aromatic carbocycles. The van der Waals surface area contributed by atoms with Crippen LogP contribution in [0.25, 0.3) is 0 Å². The molecule has 0 spiro atoms. The topological polar surface area (TPSA) is 96.5 Å². The standard InChI is InChI=1S/C20H23F3N2O5S/c1-5-25(31(28,29)15-9-7-8-14(10-15)20(21,22)23)11-16(26)17-12(3)18(24-13(17)4)19(27)30-6-2/h7-10,24H,5-6,11H2,1-4H3. The summed E-state index contributed by atoms with van der Waals surface area (Å²) in [6.07, 6.45) is -4.71. The van der Waals surface area contributed by atoms with Gasteiger partial charge in [0.05, 0.1) is 23.6 Å². The first-order chi connectivity index (χ1) is 14.3. The van der Waals surface area contributed by atoms with E-state index in [0.717, 1.165) is 22.5 Å². The normalized spacial score (nSPS) is 12.3. The summed E-state index contributed by atoms with van der Waals surface area (Å²) in [6.45, 7) is 5.58. The highest BCUT2D eigenvalue weighted by molar-refractivity contribution is 7.89. The van der Waals surface area contributed by atoms with E-state index in [1.54, 1.807) is 13.8 Å². The Morgan fingerprint density at radius 3 is 2.35 bits per heavy atom.